The van der Waals surface area contributed by atoms with Crippen molar-refractivity contribution in [2.45, 2.75) is 6.18 Å². The Kier molecular flexibility index (Phi) is 7.22. The number of nitrogens with zero attached hydrogens (tertiary/aromatic N) is 2. The topological polar surface area (TPSA) is 84.2 Å². The summed E-state index contributed by atoms with van der Waals surface area (Å²) >= 11 is 1.41. The number of rotatable bonds is 7. The molecule has 0 saturated heterocycles. The summed E-state index contributed by atoms with van der Waals surface area (Å²) in [6, 6.07) is 19.0. The van der Waals surface area contributed by atoms with E-state index < -0.39 is 24.3 Å². The number of aromatic nitrogens is 1. The molecule has 10 heteroatoms. The van der Waals surface area contributed by atoms with E-state index in [4.69, 9.17) is 9.47 Å². The molecule has 0 saturated carbocycles. The number of thiazole rings is 1. The highest BCUT2D eigenvalue weighted by atomic mass is 32.1. The number of para-hydroxylation sites is 1. The first-order chi connectivity index (χ1) is 17.3. The van der Waals surface area contributed by atoms with Gasteiger partial charge in [-0.3, -0.25) is 4.79 Å². The highest BCUT2D eigenvalue weighted by Gasteiger charge is 2.30. The van der Waals surface area contributed by atoms with Crippen LogP contribution < -0.4 is 14.8 Å². The van der Waals surface area contributed by atoms with Crippen LogP contribution in [0.4, 0.5) is 18.9 Å². The zero-order valence-electron chi connectivity index (χ0n) is 18.8. The van der Waals surface area contributed by atoms with Crippen molar-refractivity contribution < 1.29 is 27.4 Å². The van der Waals surface area contributed by atoms with Crippen LogP contribution in [0.25, 0.3) is 21.9 Å². The highest BCUT2D eigenvalue weighted by Crippen LogP contribution is 2.32. The summed E-state index contributed by atoms with van der Waals surface area (Å²) in [6.45, 7) is -0.447. The summed E-state index contributed by atoms with van der Waals surface area (Å²) in [4.78, 5) is 16.7. The molecular weight excluding hydrogens is 491 g/mol. The van der Waals surface area contributed by atoms with E-state index in [1.54, 1.807) is 24.3 Å². The number of alkyl halides is 3. The molecule has 1 heterocycles. The van der Waals surface area contributed by atoms with E-state index >= 15 is 0 Å². The van der Waals surface area contributed by atoms with E-state index in [0.29, 0.717) is 21.9 Å². The second-order valence-electron chi connectivity index (χ2n) is 7.48. The van der Waals surface area contributed by atoms with E-state index in [-0.39, 0.29) is 11.4 Å². The van der Waals surface area contributed by atoms with Crippen LogP contribution in [0.15, 0.2) is 66.7 Å². The molecule has 1 N–H and O–H groups in total. The molecule has 4 aromatic rings. The first kappa shape index (κ1) is 24.8. The lowest BCUT2D eigenvalue weighted by Gasteiger charge is -2.12. The molecule has 0 atom stereocenters. The van der Waals surface area contributed by atoms with Crippen LogP contribution in [0.2, 0.25) is 0 Å². The zero-order chi connectivity index (χ0) is 25.7. The molecular formula is C26H18F3N3O3S. The monoisotopic (exact) mass is 509 g/mol. The van der Waals surface area contributed by atoms with Crippen molar-refractivity contribution in [1.29, 1.82) is 5.26 Å². The lowest BCUT2D eigenvalue weighted by Crippen LogP contribution is -2.20. The number of carbonyl (C=O) groups is 1. The van der Waals surface area contributed by atoms with Crippen LogP contribution in [0.3, 0.4) is 0 Å². The molecule has 1 amide bonds. The van der Waals surface area contributed by atoms with Gasteiger partial charge in [0.1, 0.15) is 11.1 Å². The third kappa shape index (κ3) is 5.82. The summed E-state index contributed by atoms with van der Waals surface area (Å²) < 4.78 is 50.4. The minimum absolute atomic E-state index is 0.00440. The number of anilines is 1. The van der Waals surface area contributed by atoms with Gasteiger partial charge in [0.2, 0.25) is 0 Å². The van der Waals surface area contributed by atoms with E-state index in [2.05, 4.69) is 16.4 Å². The molecule has 0 bridgehead atoms. The summed E-state index contributed by atoms with van der Waals surface area (Å²) in [7, 11) is 1.43. The molecule has 0 aliphatic carbocycles. The summed E-state index contributed by atoms with van der Waals surface area (Å²) in [5.41, 5.74) is 0.984. The van der Waals surface area contributed by atoms with Crippen molar-refractivity contribution in [3.63, 3.8) is 0 Å². The first-order valence-corrected chi connectivity index (χ1v) is 11.3. The standard InChI is InChI=1S/C26H18F3N3O3S/c1-34-22-12-16(11-17(14-30)25-32-20-7-2-3-8-23(20)36-25)9-10-21(22)35-15-24(33)31-19-6-4-5-18(13-19)26(27,28)29/h2-13H,15H2,1H3,(H,31,33). The number of nitriles is 1. The predicted octanol–water partition coefficient (Wildman–Crippen LogP) is 6.41. The van der Waals surface area contributed by atoms with Crippen LogP contribution >= 0.6 is 11.3 Å². The van der Waals surface area contributed by atoms with Crippen molar-refractivity contribution in [3.05, 3.63) is 82.9 Å². The van der Waals surface area contributed by atoms with Crippen LogP contribution in [0.5, 0.6) is 11.5 Å². The number of amides is 1. The Bertz CT molecular complexity index is 1460. The van der Waals surface area contributed by atoms with Gasteiger partial charge in [0, 0.05) is 5.69 Å². The van der Waals surface area contributed by atoms with Gasteiger partial charge in [-0.25, -0.2) is 4.98 Å². The normalized spacial score (nSPS) is 11.7. The fourth-order valence-electron chi connectivity index (χ4n) is 3.30. The lowest BCUT2D eigenvalue weighted by molar-refractivity contribution is -0.137. The zero-order valence-corrected chi connectivity index (χ0v) is 19.6. The molecule has 0 spiro atoms. The molecule has 36 heavy (non-hydrogen) atoms. The third-order valence-electron chi connectivity index (χ3n) is 4.98. The van der Waals surface area contributed by atoms with Crippen LogP contribution in [-0.2, 0) is 11.0 Å². The number of fused-ring (bicyclic) bond motifs is 1. The first-order valence-electron chi connectivity index (χ1n) is 10.5. The maximum atomic E-state index is 12.9. The molecule has 0 aliphatic rings. The van der Waals surface area contributed by atoms with Gasteiger partial charge in [0.15, 0.2) is 18.1 Å². The fraction of sp³-hybridized carbons (Fsp3) is 0.115. The van der Waals surface area contributed by atoms with Gasteiger partial charge in [-0.15, -0.1) is 11.3 Å². The molecule has 0 unspecified atom stereocenters. The Labute approximate surface area is 208 Å². The van der Waals surface area contributed by atoms with Crippen molar-refractivity contribution in [1.82, 2.24) is 4.98 Å². The molecule has 0 radical (unpaired) electrons. The van der Waals surface area contributed by atoms with E-state index in [1.165, 1.54) is 30.6 Å². The molecule has 1 aromatic heterocycles. The van der Waals surface area contributed by atoms with Crippen LogP contribution in [0.1, 0.15) is 16.1 Å². The van der Waals surface area contributed by atoms with Gasteiger partial charge in [-0.05, 0) is 54.1 Å². The van der Waals surface area contributed by atoms with Gasteiger partial charge in [-0.2, -0.15) is 18.4 Å². The molecule has 3 aromatic carbocycles. The van der Waals surface area contributed by atoms with Crippen molar-refractivity contribution in [2.24, 2.45) is 0 Å². The summed E-state index contributed by atoms with van der Waals surface area (Å²) in [5, 5.41) is 12.6. The van der Waals surface area contributed by atoms with Crippen molar-refractivity contribution >= 4 is 44.8 Å². The van der Waals surface area contributed by atoms with E-state index in [9.17, 15) is 23.2 Å². The Balaban J connectivity index is 1.46. The second kappa shape index (κ2) is 10.5. The largest absolute Gasteiger partial charge is 0.493 e. The maximum absolute atomic E-state index is 12.9. The number of halogens is 3. The van der Waals surface area contributed by atoms with Gasteiger partial charge in [0.05, 0.1) is 28.5 Å². The number of hydrogen-bond acceptors (Lipinski definition) is 6. The quantitative estimate of drug-likeness (QED) is 0.291. The molecule has 182 valence electrons. The molecule has 0 fully saturated rings. The van der Waals surface area contributed by atoms with Gasteiger partial charge < -0.3 is 14.8 Å². The average Bonchev–Trinajstić information content (AvgIpc) is 3.30. The number of allylic oxidation sites excluding steroid dienone is 1. The Morgan fingerprint density at radius 3 is 2.64 bits per heavy atom. The van der Waals surface area contributed by atoms with Crippen LogP contribution in [-0.4, -0.2) is 24.6 Å². The molecule has 6 nitrogen and oxygen atoms in total. The highest BCUT2D eigenvalue weighted by molar-refractivity contribution is 7.19. The van der Waals surface area contributed by atoms with E-state index in [1.807, 2.05) is 24.3 Å². The maximum Gasteiger partial charge on any atom is 0.416 e. The Morgan fingerprint density at radius 1 is 1.11 bits per heavy atom. The lowest BCUT2D eigenvalue weighted by atomic mass is 10.1. The number of methoxy groups -OCH3 is 1. The minimum Gasteiger partial charge on any atom is -0.493 e. The van der Waals surface area contributed by atoms with Crippen molar-refractivity contribution in [2.75, 3.05) is 19.0 Å². The van der Waals surface area contributed by atoms with Crippen LogP contribution in [0, 0.1) is 11.3 Å². The summed E-state index contributed by atoms with van der Waals surface area (Å²) in [6.07, 6.45) is -2.84. The third-order valence-corrected chi connectivity index (χ3v) is 6.05. The van der Waals surface area contributed by atoms with Gasteiger partial charge >= 0.3 is 6.18 Å². The fourth-order valence-corrected chi connectivity index (χ4v) is 4.23. The number of ether oxygens (including phenoxy) is 2. The second-order valence-corrected chi connectivity index (χ2v) is 8.51. The number of carbonyl (C=O) groups excluding carboxylic acids is 1. The Morgan fingerprint density at radius 2 is 1.92 bits per heavy atom. The Hall–Kier alpha value is -4.36. The summed E-state index contributed by atoms with van der Waals surface area (Å²) in [5.74, 6) is -0.0625. The number of hydrogen-bond donors (Lipinski definition) is 1. The van der Waals surface area contributed by atoms with Crippen molar-refractivity contribution in [3.8, 4) is 17.6 Å². The van der Waals surface area contributed by atoms with Gasteiger partial charge in [-0.1, -0.05) is 24.3 Å². The van der Waals surface area contributed by atoms with E-state index in [0.717, 1.165) is 22.3 Å². The number of benzene rings is 3. The number of nitrogens with one attached hydrogen (secondary N) is 1. The van der Waals surface area contributed by atoms with Gasteiger partial charge in [0.25, 0.3) is 5.91 Å². The smallest absolute Gasteiger partial charge is 0.416 e. The predicted molar refractivity (Wildman–Crippen MR) is 132 cm³/mol. The molecule has 0 aliphatic heterocycles. The molecule has 4 rings (SSSR count). The average molecular weight is 510 g/mol. The minimum atomic E-state index is -4.51. The SMILES string of the molecule is COc1cc(C=C(C#N)c2nc3ccccc3s2)ccc1OCC(=O)Nc1cccc(C(F)(F)F)c1.